The molecule has 5 rings (SSSR count). The largest absolute Gasteiger partial charge is 0.495 e. The Morgan fingerprint density at radius 3 is 2.64 bits per heavy atom. The van der Waals surface area contributed by atoms with Crippen LogP contribution in [0.2, 0.25) is 5.02 Å². The molecular weight excluding hydrogens is 551 g/mol. The average molecular weight is 573 g/mol. The van der Waals surface area contributed by atoms with Crippen LogP contribution in [0.5, 0.6) is 11.6 Å². The Morgan fingerprint density at radius 2 is 1.92 bits per heavy atom. The lowest BCUT2D eigenvalue weighted by Crippen LogP contribution is -2.41. The number of pyridine rings is 2. The number of aromatic nitrogens is 4. The van der Waals surface area contributed by atoms with Gasteiger partial charge in [-0.05, 0) is 29.8 Å². The van der Waals surface area contributed by atoms with Crippen molar-refractivity contribution in [2.24, 2.45) is 0 Å². The highest BCUT2D eigenvalue weighted by Gasteiger charge is 2.30. The third-order valence-electron chi connectivity index (χ3n) is 6.19. The Labute approximate surface area is 228 Å². The zero-order valence-electron chi connectivity index (χ0n) is 20.8. The summed E-state index contributed by atoms with van der Waals surface area (Å²) in [7, 11) is -1.14. The summed E-state index contributed by atoms with van der Waals surface area (Å²) in [5, 5.41) is 7.72. The van der Waals surface area contributed by atoms with E-state index in [1.165, 1.54) is 65.8 Å². The van der Waals surface area contributed by atoms with Crippen LogP contribution in [0.25, 0.3) is 16.8 Å². The molecule has 0 bridgehead atoms. The van der Waals surface area contributed by atoms with Gasteiger partial charge in [0.1, 0.15) is 11.6 Å². The van der Waals surface area contributed by atoms with E-state index in [4.69, 9.17) is 21.1 Å². The zero-order chi connectivity index (χ0) is 27.7. The molecule has 0 atom stereocenters. The van der Waals surface area contributed by atoms with Crippen LogP contribution < -0.4 is 19.8 Å². The van der Waals surface area contributed by atoms with E-state index in [0.29, 0.717) is 16.8 Å². The van der Waals surface area contributed by atoms with Gasteiger partial charge in [0.15, 0.2) is 5.82 Å². The number of rotatable bonds is 7. The minimum absolute atomic E-state index is 0.0144. The normalized spacial score (nSPS) is 13.5. The molecule has 0 fully saturated rings. The molecule has 1 aromatic carbocycles. The third-order valence-corrected chi connectivity index (χ3v) is 7.85. The molecule has 1 aliphatic heterocycles. The Balaban J connectivity index is 1.55. The fraction of sp³-hybridized carbons (Fsp3) is 0.200. The molecular formula is C25H22ClFN6O5S. The van der Waals surface area contributed by atoms with Gasteiger partial charge in [-0.3, -0.25) is 14.1 Å². The topological polar surface area (TPSA) is 129 Å². The summed E-state index contributed by atoms with van der Waals surface area (Å²) < 4.78 is 57.3. The number of fused-ring (bicyclic) bond motifs is 1. The first-order valence-electron chi connectivity index (χ1n) is 11.6. The van der Waals surface area contributed by atoms with Crippen LogP contribution in [0, 0.1) is 5.82 Å². The second-order valence-electron chi connectivity index (χ2n) is 8.49. The van der Waals surface area contributed by atoms with Gasteiger partial charge in [0.05, 0.1) is 24.9 Å². The minimum atomic E-state index is -3.95. The Morgan fingerprint density at radius 1 is 1.10 bits per heavy atom. The van der Waals surface area contributed by atoms with Crippen molar-refractivity contribution < 1.29 is 22.3 Å². The van der Waals surface area contributed by atoms with E-state index in [9.17, 15) is 13.2 Å². The van der Waals surface area contributed by atoms with Gasteiger partial charge >= 0.3 is 10.2 Å². The lowest BCUT2D eigenvalue weighted by molar-refractivity contribution is 0.385. The summed E-state index contributed by atoms with van der Waals surface area (Å²) in [6.45, 7) is 0.0553. The number of methoxy groups -OCH3 is 2. The van der Waals surface area contributed by atoms with E-state index in [1.807, 2.05) is 0 Å². The van der Waals surface area contributed by atoms with Gasteiger partial charge in [0.25, 0.3) is 5.56 Å². The monoisotopic (exact) mass is 572 g/mol. The molecule has 202 valence electrons. The maximum atomic E-state index is 15.6. The van der Waals surface area contributed by atoms with Crippen molar-refractivity contribution in [3.8, 4) is 28.4 Å². The number of hydrogen-bond acceptors (Lipinski definition) is 8. The van der Waals surface area contributed by atoms with Gasteiger partial charge in [-0.15, -0.1) is 5.10 Å². The molecule has 0 amide bonds. The average Bonchev–Trinajstić information content (AvgIpc) is 2.93. The number of nitrogens with one attached hydrogen (secondary N) is 1. The molecule has 1 N–H and O–H groups in total. The lowest BCUT2D eigenvalue weighted by atomic mass is 10.0. The maximum absolute atomic E-state index is 15.6. The molecule has 0 unspecified atom stereocenters. The van der Waals surface area contributed by atoms with Crippen LogP contribution in [0.4, 0.5) is 10.2 Å². The van der Waals surface area contributed by atoms with E-state index in [2.05, 4.69) is 19.9 Å². The highest BCUT2D eigenvalue weighted by molar-refractivity contribution is 7.90. The van der Waals surface area contributed by atoms with Crippen LogP contribution in [-0.2, 0) is 23.2 Å². The SMILES string of the molecule is COc1cc(-c2cc(Cl)cnc2OC)c(F)cc1-n1c2c(ccc1=O)CN(S(=O)(=O)Nc1cccnn1)CC2. The molecule has 0 radical (unpaired) electrons. The first-order chi connectivity index (χ1) is 18.7. The van der Waals surface area contributed by atoms with Gasteiger partial charge in [0.2, 0.25) is 5.88 Å². The van der Waals surface area contributed by atoms with Crippen molar-refractivity contribution in [3.63, 3.8) is 0 Å². The fourth-order valence-corrected chi connectivity index (χ4v) is 5.73. The van der Waals surface area contributed by atoms with Crippen LogP contribution in [0.15, 0.2) is 59.7 Å². The minimum Gasteiger partial charge on any atom is -0.495 e. The highest BCUT2D eigenvalue weighted by Crippen LogP contribution is 2.37. The predicted molar refractivity (Wildman–Crippen MR) is 142 cm³/mol. The third kappa shape index (κ3) is 5.15. The zero-order valence-corrected chi connectivity index (χ0v) is 22.3. The number of hydrogen-bond donors (Lipinski definition) is 1. The number of ether oxygens (including phenoxy) is 2. The Hall–Kier alpha value is -4.07. The van der Waals surface area contributed by atoms with Crippen molar-refractivity contribution in [1.82, 2.24) is 24.1 Å². The summed E-state index contributed by atoms with van der Waals surface area (Å²) in [4.78, 5) is 17.2. The van der Waals surface area contributed by atoms with Crippen molar-refractivity contribution in [3.05, 3.63) is 87.3 Å². The summed E-state index contributed by atoms with van der Waals surface area (Å²) in [5.41, 5.74) is 1.30. The van der Waals surface area contributed by atoms with E-state index in [1.54, 1.807) is 12.1 Å². The molecule has 39 heavy (non-hydrogen) atoms. The standard InChI is InChI=1S/C25H22ClFN6O5S/c1-37-22-11-17(18-10-16(26)13-28-25(18)38-2)19(27)12-21(22)33-20-7-9-32(14-15(20)5-6-24(33)34)39(35,36)31-23-4-3-8-29-30-23/h3-6,8,10-13H,7,9,14H2,1-2H3,(H,30,31). The smallest absolute Gasteiger partial charge is 0.303 e. The molecule has 4 aromatic rings. The molecule has 1 aliphatic rings. The molecule has 0 aliphatic carbocycles. The van der Waals surface area contributed by atoms with E-state index < -0.39 is 21.6 Å². The summed E-state index contributed by atoms with van der Waals surface area (Å²) in [6.07, 6.45) is 3.00. The van der Waals surface area contributed by atoms with Crippen LogP contribution in [-0.4, -0.2) is 53.2 Å². The van der Waals surface area contributed by atoms with Gasteiger partial charge in [0, 0.05) is 60.9 Å². The molecule has 0 spiro atoms. The second-order valence-corrected chi connectivity index (χ2v) is 10.6. The molecule has 11 nitrogen and oxygen atoms in total. The van der Waals surface area contributed by atoms with Crippen LogP contribution >= 0.6 is 11.6 Å². The lowest BCUT2D eigenvalue weighted by Gasteiger charge is -2.30. The number of anilines is 1. The quantitative estimate of drug-likeness (QED) is 0.357. The van der Waals surface area contributed by atoms with Crippen LogP contribution in [0.3, 0.4) is 0 Å². The van der Waals surface area contributed by atoms with Gasteiger partial charge < -0.3 is 9.47 Å². The molecule has 0 saturated heterocycles. The number of halogens is 2. The van der Waals surface area contributed by atoms with Crippen LogP contribution in [0.1, 0.15) is 11.3 Å². The van der Waals surface area contributed by atoms with E-state index in [-0.39, 0.29) is 53.2 Å². The summed E-state index contributed by atoms with van der Waals surface area (Å²) in [6, 6.07) is 10.1. The highest BCUT2D eigenvalue weighted by atomic mass is 35.5. The van der Waals surface area contributed by atoms with Crippen molar-refractivity contribution in [2.45, 2.75) is 13.0 Å². The van der Waals surface area contributed by atoms with Crippen molar-refractivity contribution in [1.29, 1.82) is 0 Å². The second kappa shape index (κ2) is 10.6. The van der Waals surface area contributed by atoms with Crippen molar-refractivity contribution >= 4 is 27.6 Å². The number of nitrogens with zero attached hydrogens (tertiary/aromatic N) is 5. The fourth-order valence-electron chi connectivity index (χ4n) is 4.43. The first-order valence-corrected chi connectivity index (χ1v) is 13.4. The maximum Gasteiger partial charge on any atom is 0.303 e. The van der Waals surface area contributed by atoms with Gasteiger partial charge in [-0.2, -0.15) is 17.8 Å². The molecule has 4 heterocycles. The van der Waals surface area contributed by atoms with E-state index in [0.717, 1.165) is 0 Å². The van der Waals surface area contributed by atoms with Gasteiger partial charge in [-0.1, -0.05) is 17.7 Å². The molecule has 0 saturated carbocycles. The number of benzene rings is 1. The van der Waals surface area contributed by atoms with E-state index >= 15 is 4.39 Å². The van der Waals surface area contributed by atoms with Gasteiger partial charge in [-0.25, -0.2) is 9.37 Å². The summed E-state index contributed by atoms with van der Waals surface area (Å²) >= 11 is 6.09. The summed E-state index contributed by atoms with van der Waals surface area (Å²) in [5.74, 6) is -0.201. The molecule has 3 aromatic heterocycles. The predicted octanol–water partition coefficient (Wildman–Crippen LogP) is 3.21. The first kappa shape index (κ1) is 26.5. The Kier molecular flexibility index (Phi) is 7.21. The Bertz CT molecular complexity index is 1720. The molecule has 14 heteroatoms. The van der Waals surface area contributed by atoms with Crippen molar-refractivity contribution in [2.75, 3.05) is 25.5 Å².